The number of ketones is 1. The van der Waals surface area contributed by atoms with E-state index >= 15 is 0 Å². The Morgan fingerprint density at radius 2 is 1.74 bits per heavy atom. The molecule has 1 amide bonds. The maximum absolute atomic E-state index is 13.1. The number of hydrogen-bond donors (Lipinski definition) is 0. The molecule has 144 valence electrons. The minimum absolute atomic E-state index is 0.0117. The van der Waals surface area contributed by atoms with Crippen LogP contribution >= 0.6 is 0 Å². The highest BCUT2D eigenvalue weighted by Gasteiger charge is 2.46. The lowest BCUT2D eigenvalue weighted by molar-refractivity contribution is 0.00254. The van der Waals surface area contributed by atoms with Crippen LogP contribution in [0.25, 0.3) is 10.9 Å². The quantitative estimate of drug-likeness (QED) is 0.731. The number of hydrogen-bond acceptors (Lipinski definition) is 3. The van der Waals surface area contributed by atoms with E-state index in [9.17, 15) is 9.59 Å². The molecule has 0 saturated carbocycles. The number of carbonyl (C=O) groups is 2. The third-order valence-electron chi connectivity index (χ3n) is 5.88. The normalized spacial score (nSPS) is 25.0. The second-order valence-corrected chi connectivity index (χ2v) is 9.01. The van der Waals surface area contributed by atoms with Crippen LogP contribution in [0.4, 0.5) is 4.79 Å². The first-order chi connectivity index (χ1) is 12.7. The lowest BCUT2D eigenvalue weighted by Crippen LogP contribution is -2.49. The Labute approximate surface area is 160 Å². The Hall–Kier alpha value is -2.30. The molecule has 3 heterocycles. The number of aromatic nitrogens is 1. The standard InChI is InChI=1S/C22H28N2O3/c1-22(2,3)27-21(26)24-17-6-7-18(24)13-16(12-17)20(25)15-5-8-19-14(11-15)9-10-23(19)4/h5,8-11,16-18H,6-7,12-13H2,1-4H3. The summed E-state index contributed by atoms with van der Waals surface area (Å²) >= 11 is 0. The van der Waals surface area contributed by atoms with Crippen molar-refractivity contribution in [1.82, 2.24) is 9.47 Å². The summed E-state index contributed by atoms with van der Waals surface area (Å²) in [6, 6.07) is 8.24. The van der Waals surface area contributed by atoms with Crippen molar-refractivity contribution < 1.29 is 14.3 Å². The van der Waals surface area contributed by atoms with Gasteiger partial charge in [0.25, 0.3) is 0 Å². The number of amides is 1. The fraction of sp³-hybridized carbons (Fsp3) is 0.545. The van der Waals surface area contributed by atoms with Gasteiger partial charge >= 0.3 is 6.09 Å². The maximum Gasteiger partial charge on any atom is 0.410 e. The predicted octanol–water partition coefficient (Wildman–Crippen LogP) is 4.54. The molecule has 0 spiro atoms. The maximum atomic E-state index is 13.1. The molecule has 27 heavy (non-hydrogen) atoms. The molecule has 2 unspecified atom stereocenters. The number of Topliss-reactive ketones (excluding diaryl/α,β-unsaturated/α-hetero) is 1. The molecule has 4 rings (SSSR count). The topological polar surface area (TPSA) is 51.5 Å². The van der Waals surface area contributed by atoms with Crippen molar-refractivity contribution in [3.05, 3.63) is 36.0 Å². The van der Waals surface area contributed by atoms with Gasteiger partial charge < -0.3 is 14.2 Å². The molecule has 1 aromatic carbocycles. The average Bonchev–Trinajstić information content (AvgIpc) is 3.09. The van der Waals surface area contributed by atoms with E-state index in [1.54, 1.807) is 0 Å². The molecule has 2 saturated heterocycles. The van der Waals surface area contributed by atoms with E-state index in [1.807, 2.05) is 63.2 Å². The van der Waals surface area contributed by atoms with Crippen molar-refractivity contribution in [1.29, 1.82) is 0 Å². The molecule has 5 nitrogen and oxygen atoms in total. The highest BCUT2D eigenvalue weighted by molar-refractivity contribution is 6.01. The minimum Gasteiger partial charge on any atom is -0.444 e. The second kappa shape index (κ2) is 6.39. The molecule has 5 heteroatoms. The second-order valence-electron chi connectivity index (χ2n) is 9.01. The predicted molar refractivity (Wildman–Crippen MR) is 105 cm³/mol. The van der Waals surface area contributed by atoms with E-state index in [2.05, 4.69) is 4.57 Å². The van der Waals surface area contributed by atoms with Crippen LogP contribution < -0.4 is 0 Å². The van der Waals surface area contributed by atoms with Crippen LogP contribution in [0, 0.1) is 5.92 Å². The number of rotatable bonds is 2. The molecule has 2 fully saturated rings. The van der Waals surface area contributed by atoms with Gasteiger partial charge in [0.15, 0.2) is 5.78 Å². The first kappa shape index (κ1) is 18.1. The van der Waals surface area contributed by atoms with Crippen LogP contribution in [0.15, 0.2) is 30.5 Å². The smallest absolute Gasteiger partial charge is 0.410 e. The number of nitrogens with zero attached hydrogens (tertiary/aromatic N) is 2. The van der Waals surface area contributed by atoms with Crippen molar-refractivity contribution in [2.45, 2.75) is 64.1 Å². The van der Waals surface area contributed by atoms with Gasteiger partial charge in [-0.15, -0.1) is 0 Å². The van der Waals surface area contributed by atoms with Crippen molar-refractivity contribution >= 4 is 22.8 Å². The van der Waals surface area contributed by atoms with E-state index < -0.39 is 5.60 Å². The zero-order valence-electron chi connectivity index (χ0n) is 16.6. The summed E-state index contributed by atoms with van der Waals surface area (Å²) in [4.78, 5) is 27.6. The third kappa shape index (κ3) is 3.35. The van der Waals surface area contributed by atoms with E-state index in [-0.39, 0.29) is 29.9 Å². The molecule has 0 radical (unpaired) electrons. The third-order valence-corrected chi connectivity index (χ3v) is 5.88. The van der Waals surface area contributed by atoms with E-state index in [0.29, 0.717) is 0 Å². The number of aryl methyl sites for hydroxylation is 1. The molecule has 2 atom stereocenters. The molecule has 2 aromatic rings. The summed E-state index contributed by atoms with van der Waals surface area (Å²) in [6.45, 7) is 5.68. The summed E-state index contributed by atoms with van der Waals surface area (Å²) < 4.78 is 7.65. The highest BCUT2D eigenvalue weighted by atomic mass is 16.6. The van der Waals surface area contributed by atoms with Crippen molar-refractivity contribution in [2.75, 3.05) is 0 Å². The molecule has 1 aromatic heterocycles. The molecule has 0 N–H and O–H groups in total. The van der Waals surface area contributed by atoms with E-state index in [0.717, 1.165) is 42.1 Å². The van der Waals surface area contributed by atoms with Gasteiger partial charge in [-0.1, -0.05) is 0 Å². The first-order valence-electron chi connectivity index (χ1n) is 9.83. The van der Waals surface area contributed by atoms with Crippen LogP contribution in [0.2, 0.25) is 0 Å². The van der Waals surface area contributed by atoms with Gasteiger partial charge in [0.1, 0.15) is 5.60 Å². The van der Waals surface area contributed by atoms with Gasteiger partial charge in [-0.25, -0.2) is 4.79 Å². The van der Waals surface area contributed by atoms with Crippen LogP contribution in [-0.2, 0) is 11.8 Å². The summed E-state index contributed by atoms with van der Waals surface area (Å²) in [5.41, 5.74) is 1.42. The van der Waals surface area contributed by atoms with Gasteiger partial charge in [0.2, 0.25) is 0 Å². The van der Waals surface area contributed by atoms with Crippen molar-refractivity contribution in [3.63, 3.8) is 0 Å². The monoisotopic (exact) mass is 368 g/mol. The number of piperidine rings is 1. The Kier molecular flexibility index (Phi) is 4.28. The molecule has 2 aliphatic rings. The molecular formula is C22H28N2O3. The van der Waals surface area contributed by atoms with Crippen LogP contribution in [0.5, 0.6) is 0 Å². The number of benzene rings is 1. The summed E-state index contributed by atoms with van der Waals surface area (Å²) in [7, 11) is 2.01. The highest BCUT2D eigenvalue weighted by Crippen LogP contribution is 2.40. The average molecular weight is 368 g/mol. The van der Waals surface area contributed by atoms with Crippen LogP contribution in [-0.4, -0.2) is 39.0 Å². The Bertz CT molecular complexity index is 879. The zero-order chi connectivity index (χ0) is 19.3. The van der Waals surface area contributed by atoms with Gasteiger partial charge in [0.05, 0.1) is 0 Å². The molecule has 0 aliphatic carbocycles. The van der Waals surface area contributed by atoms with Gasteiger partial charge in [-0.3, -0.25) is 4.79 Å². The van der Waals surface area contributed by atoms with Crippen LogP contribution in [0.3, 0.4) is 0 Å². The molecule has 2 bridgehead atoms. The Morgan fingerprint density at radius 3 is 2.37 bits per heavy atom. The van der Waals surface area contributed by atoms with E-state index in [4.69, 9.17) is 4.74 Å². The minimum atomic E-state index is -0.492. The lowest BCUT2D eigenvalue weighted by atomic mass is 9.84. The number of ether oxygens (including phenoxy) is 1. The van der Waals surface area contributed by atoms with Gasteiger partial charge in [-0.05, 0) is 70.7 Å². The SMILES string of the molecule is Cn1ccc2cc(C(=O)C3CC4CCC(C3)N4C(=O)OC(C)(C)C)ccc21. The van der Waals surface area contributed by atoms with E-state index in [1.165, 1.54) is 0 Å². The molecule has 2 aliphatic heterocycles. The van der Waals surface area contributed by atoms with Gasteiger partial charge in [-0.2, -0.15) is 0 Å². The number of carbonyl (C=O) groups excluding carboxylic acids is 2. The summed E-state index contributed by atoms with van der Waals surface area (Å²) in [5, 5.41) is 1.09. The zero-order valence-corrected chi connectivity index (χ0v) is 16.6. The fourth-order valence-electron chi connectivity index (χ4n) is 4.67. The fourth-order valence-corrected chi connectivity index (χ4v) is 4.67. The van der Waals surface area contributed by atoms with Crippen molar-refractivity contribution in [3.8, 4) is 0 Å². The molecular weight excluding hydrogens is 340 g/mol. The Morgan fingerprint density at radius 1 is 1.07 bits per heavy atom. The summed E-state index contributed by atoms with van der Waals surface area (Å²) in [5.74, 6) is 0.198. The van der Waals surface area contributed by atoms with Crippen LogP contribution in [0.1, 0.15) is 56.8 Å². The lowest BCUT2D eigenvalue weighted by Gasteiger charge is -2.39. The summed E-state index contributed by atoms with van der Waals surface area (Å²) in [6.07, 6.45) is 5.18. The first-order valence-corrected chi connectivity index (χ1v) is 9.83. The van der Waals surface area contributed by atoms with Gasteiger partial charge in [0, 0.05) is 47.7 Å². The number of fused-ring (bicyclic) bond motifs is 3. The Balaban J connectivity index is 1.50. The largest absolute Gasteiger partial charge is 0.444 e. The van der Waals surface area contributed by atoms with Crippen molar-refractivity contribution in [2.24, 2.45) is 13.0 Å².